The first kappa shape index (κ1) is 29.9. The molecule has 2 atom stereocenters. The molecule has 0 heterocycles. The maximum atomic E-state index is 12.2. The Kier molecular flexibility index (Phi) is 12.8. The molecule has 6 N–H and O–H groups in total. The molecule has 2 aromatic rings. The van der Waals surface area contributed by atoms with Gasteiger partial charge < -0.3 is 30.6 Å². The zero-order valence-corrected chi connectivity index (χ0v) is 21.4. The maximum Gasteiger partial charge on any atom is 0.201 e. The van der Waals surface area contributed by atoms with Gasteiger partial charge in [0.1, 0.15) is 0 Å². The van der Waals surface area contributed by atoms with Gasteiger partial charge in [0.2, 0.25) is 11.5 Å². The van der Waals surface area contributed by atoms with Gasteiger partial charge >= 0.3 is 0 Å². The summed E-state index contributed by atoms with van der Waals surface area (Å²) < 4.78 is 0. The Hall–Kier alpha value is -3.09. The molecular formula is C28H42O7. The van der Waals surface area contributed by atoms with Gasteiger partial charge in [-0.3, -0.25) is 4.79 Å². The van der Waals surface area contributed by atoms with Crippen LogP contribution >= 0.6 is 0 Å². The first-order valence-electron chi connectivity index (χ1n) is 12.6. The molecule has 0 bridgehead atoms. The largest absolute Gasteiger partial charge is 0.504 e. The summed E-state index contributed by atoms with van der Waals surface area (Å²) in [5.74, 6) is -2.27. The monoisotopic (exact) mass is 490 g/mol. The lowest BCUT2D eigenvalue weighted by molar-refractivity contribution is 0.0904. The van der Waals surface area contributed by atoms with Gasteiger partial charge in [0.25, 0.3) is 0 Å². The van der Waals surface area contributed by atoms with Gasteiger partial charge in [-0.1, -0.05) is 72.3 Å². The molecule has 35 heavy (non-hydrogen) atoms. The fraction of sp³-hybridized carbons (Fsp3) is 0.536. The van der Waals surface area contributed by atoms with Crippen LogP contribution in [-0.4, -0.2) is 36.4 Å². The first-order valence-corrected chi connectivity index (χ1v) is 12.6. The second-order valence-corrected chi connectivity index (χ2v) is 9.00. The van der Waals surface area contributed by atoms with Crippen LogP contribution in [0.3, 0.4) is 0 Å². The molecule has 0 saturated heterocycles. The van der Waals surface area contributed by atoms with Crippen LogP contribution in [0.1, 0.15) is 95.0 Å². The highest BCUT2D eigenvalue weighted by molar-refractivity contribution is 6.01. The molecule has 0 aliphatic heterocycles. The number of aromatic hydroxyl groups is 6. The van der Waals surface area contributed by atoms with E-state index >= 15 is 0 Å². The SMILES string of the molecule is CCCCC(CC)C(=O)c1ccc(O)c(O)c1O.CCCCC(CC)Cc1ccc(O)c(O)c1O. The van der Waals surface area contributed by atoms with Crippen LogP contribution < -0.4 is 0 Å². The van der Waals surface area contributed by atoms with E-state index in [0.717, 1.165) is 38.5 Å². The van der Waals surface area contributed by atoms with Crippen LogP contribution in [0.4, 0.5) is 0 Å². The van der Waals surface area contributed by atoms with Gasteiger partial charge in [-0.2, -0.15) is 0 Å². The van der Waals surface area contributed by atoms with E-state index in [9.17, 15) is 35.4 Å². The van der Waals surface area contributed by atoms with Crippen molar-refractivity contribution >= 4 is 5.78 Å². The summed E-state index contributed by atoms with van der Waals surface area (Å²) in [5, 5.41) is 56.8. The molecule has 0 amide bonds. The minimum Gasteiger partial charge on any atom is -0.504 e. The Balaban J connectivity index is 0.000000351. The number of carbonyl (C=O) groups excluding carboxylic acids is 1. The first-order chi connectivity index (χ1) is 16.6. The van der Waals surface area contributed by atoms with E-state index in [1.807, 2.05) is 6.92 Å². The summed E-state index contributed by atoms with van der Waals surface area (Å²) in [6.07, 6.45) is 8.72. The molecule has 0 saturated carbocycles. The Labute approximate surface area is 208 Å². The van der Waals surface area contributed by atoms with E-state index in [1.165, 1.54) is 31.0 Å². The predicted octanol–water partition coefficient (Wildman–Crippen LogP) is 6.76. The molecule has 2 aromatic carbocycles. The number of unbranched alkanes of at least 4 members (excludes halogenated alkanes) is 2. The highest BCUT2D eigenvalue weighted by Gasteiger charge is 2.23. The second kappa shape index (κ2) is 15.0. The number of phenolic OH excluding ortho intramolecular Hbond substituents is 6. The van der Waals surface area contributed by atoms with E-state index in [1.54, 1.807) is 6.07 Å². The lowest BCUT2D eigenvalue weighted by Gasteiger charge is -2.15. The second-order valence-electron chi connectivity index (χ2n) is 9.00. The van der Waals surface area contributed by atoms with Crippen LogP contribution in [0, 0.1) is 11.8 Å². The zero-order chi connectivity index (χ0) is 26.5. The highest BCUT2D eigenvalue weighted by Crippen LogP contribution is 2.39. The summed E-state index contributed by atoms with van der Waals surface area (Å²) >= 11 is 0. The third-order valence-corrected chi connectivity index (χ3v) is 6.43. The van der Waals surface area contributed by atoms with Crippen molar-refractivity contribution in [3.8, 4) is 34.5 Å². The highest BCUT2D eigenvalue weighted by atomic mass is 16.3. The topological polar surface area (TPSA) is 138 Å². The summed E-state index contributed by atoms with van der Waals surface area (Å²) in [5.41, 5.74) is 0.788. The van der Waals surface area contributed by atoms with Crippen molar-refractivity contribution in [3.05, 3.63) is 35.4 Å². The smallest absolute Gasteiger partial charge is 0.201 e. The molecule has 2 unspecified atom stereocenters. The number of hydrogen-bond donors (Lipinski definition) is 6. The number of Topliss-reactive ketones (excluding diaryl/α,β-unsaturated/α-hetero) is 1. The van der Waals surface area contributed by atoms with Gasteiger partial charge in [-0.25, -0.2) is 0 Å². The number of carbonyl (C=O) groups is 1. The Bertz CT molecular complexity index is 939. The molecule has 7 heteroatoms. The fourth-order valence-corrected chi connectivity index (χ4v) is 3.99. The van der Waals surface area contributed by atoms with E-state index in [2.05, 4.69) is 20.8 Å². The minimum absolute atomic E-state index is 0.0771. The fourth-order valence-electron chi connectivity index (χ4n) is 3.99. The van der Waals surface area contributed by atoms with Crippen LogP contribution in [0.25, 0.3) is 0 Å². The van der Waals surface area contributed by atoms with Crippen LogP contribution in [0.15, 0.2) is 24.3 Å². The molecule has 7 nitrogen and oxygen atoms in total. The number of phenols is 6. The molecule has 0 radical (unpaired) electrons. The molecule has 0 aliphatic rings. The van der Waals surface area contributed by atoms with E-state index in [0.29, 0.717) is 17.9 Å². The van der Waals surface area contributed by atoms with Gasteiger partial charge in [-0.05, 0) is 48.9 Å². The lowest BCUT2D eigenvalue weighted by Crippen LogP contribution is -2.14. The van der Waals surface area contributed by atoms with Crippen molar-refractivity contribution in [2.45, 2.75) is 85.5 Å². The quantitative estimate of drug-likeness (QED) is 0.143. The summed E-state index contributed by atoms with van der Waals surface area (Å²) in [4.78, 5) is 12.2. The van der Waals surface area contributed by atoms with Gasteiger partial charge in [0, 0.05) is 5.92 Å². The normalized spacial score (nSPS) is 12.5. The van der Waals surface area contributed by atoms with Crippen molar-refractivity contribution in [3.63, 3.8) is 0 Å². The number of benzene rings is 2. The van der Waals surface area contributed by atoms with Crippen molar-refractivity contribution < 1.29 is 35.4 Å². The number of rotatable bonds is 12. The molecule has 0 aromatic heterocycles. The van der Waals surface area contributed by atoms with Gasteiger partial charge in [0.05, 0.1) is 5.56 Å². The number of hydrogen-bond acceptors (Lipinski definition) is 7. The van der Waals surface area contributed by atoms with Crippen LogP contribution in [0.2, 0.25) is 0 Å². The predicted molar refractivity (Wildman–Crippen MR) is 138 cm³/mol. The molecule has 2 rings (SSSR count). The average Bonchev–Trinajstić information content (AvgIpc) is 2.85. The Morgan fingerprint density at radius 2 is 1.23 bits per heavy atom. The summed E-state index contributed by atoms with van der Waals surface area (Å²) in [6.45, 7) is 8.28. The van der Waals surface area contributed by atoms with Crippen molar-refractivity contribution in [1.29, 1.82) is 0 Å². The van der Waals surface area contributed by atoms with Crippen LogP contribution in [0.5, 0.6) is 34.5 Å². The van der Waals surface area contributed by atoms with Crippen molar-refractivity contribution in [1.82, 2.24) is 0 Å². The maximum absolute atomic E-state index is 12.2. The minimum atomic E-state index is -0.633. The van der Waals surface area contributed by atoms with Gasteiger partial charge in [0.15, 0.2) is 28.8 Å². The third-order valence-electron chi connectivity index (χ3n) is 6.43. The third kappa shape index (κ3) is 8.57. The van der Waals surface area contributed by atoms with E-state index in [-0.39, 0.29) is 28.8 Å². The number of ketones is 1. The molecule has 0 fully saturated rings. The summed E-state index contributed by atoms with van der Waals surface area (Å²) in [7, 11) is 0. The zero-order valence-electron chi connectivity index (χ0n) is 21.4. The van der Waals surface area contributed by atoms with Crippen molar-refractivity contribution in [2.75, 3.05) is 0 Å². The molecular weight excluding hydrogens is 448 g/mol. The van der Waals surface area contributed by atoms with Crippen LogP contribution in [-0.2, 0) is 6.42 Å². The average molecular weight is 491 g/mol. The summed E-state index contributed by atoms with van der Waals surface area (Å²) in [6, 6.07) is 5.67. The Morgan fingerprint density at radius 3 is 1.77 bits per heavy atom. The van der Waals surface area contributed by atoms with Crippen molar-refractivity contribution in [2.24, 2.45) is 11.8 Å². The standard InChI is InChI=1S/C14H20O4.C14H22O3/c1-3-5-6-9(4-2)12(16)10-7-8-11(15)14(18)13(10)17;1-3-5-6-10(4-2)9-11-7-8-12(15)14(17)13(11)16/h7-9,15,17-18H,3-6H2,1-2H3;7-8,10,15-17H,3-6,9H2,1-2H3. The molecule has 0 spiro atoms. The lowest BCUT2D eigenvalue weighted by atomic mass is 9.90. The van der Waals surface area contributed by atoms with E-state index < -0.39 is 23.0 Å². The molecule has 0 aliphatic carbocycles. The molecule has 196 valence electrons. The van der Waals surface area contributed by atoms with Gasteiger partial charge in [-0.15, -0.1) is 0 Å². The van der Waals surface area contributed by atoms with E-state index in [4.69, 9.17) is 0 Å². The Morgan fingerprint density at radius 1 is 0.686 bits per heavy atom.